The summed E-state index contributed by atoms with van der Waals surface area (Å²) in [5.41, 5.74) is 15.4. The number of aromatic nitrogens is 8. The van der Waals surface area contributed by atoms with E-state index in [4.69, 9.17) is 123 Å². The summed E-state index contributed by atoms with van der Waals surface area (Å²) in [6, 6.07) is 18.1. The van der Waals surface area contributed by atoms with Crippen molar-refractivity contribution in [2.24, 2.45) is 5.73 Å². The molecule has 0 saturated heterocycles. The maximum Gasteiger partial charge on any atom is 0.340 e. The fraction of sp³-hybridized carbons (Fsp3) is 0.328. The zero-order chi connectivity index (χ0) is 72.6. The number of hydrogen-bond acceptors (Lipinski definition) is 22. The first-order valence-electron chi connectivity index (χ1n) is 29.4. The van der Waals surface area contributed by atoms with Crippen molar-refractivity contribution < 1.29 is 48.8 Å². The Hall–Kier alpha value is -6.97. The molecule has 0 aromatic carbocycles. The van der Waals surface area contributed by atoms with Gasteiger partial charge in [-0.2, -0.15) is 0 Å². The van der Waals surface area contributed by atoms with Gasteiger partial charge in [0.15, 0.2) is 17.3 Å². The predicted octanol–water partition coefficient (Wildman–Crippen LogP) is 14.2. The Morgan fingerprint density at radius 2 is 0.928 bits per heavy atom. The molecule has 6 N–H and O–H groups in total. The first-order valence-corrected chi connectivity index (χ1v) is 32.5. The average Bonchev–Trinajstić information content (AvgIpc) is 1.72. The number of fused-ring (bicyclic) bond motifs is 3. The highest BCUT2D eigenvalue weighted by Crippen LogP contribution is 2.28. The molecular formula is C67H76Cl8N12O10. The third kappa shape index (κ3) is 30.0. The van der Waals surface area contributed by atoms with Crippen LogP contribution in [0.5, 0.6) is 5.75 Å². The number of nitrogens with two attached hydrogens (primary N) is 1. The molecule has 97 heavy (non-hydrogen) atoms. The van der Waals surface area contributed by atoms with E-state index < -0.39 is 5.24 Å². The number of nitrogens with one attached hydrogen (secondary N) is 1. The Kier molecular flexibility index (Phi) is 37.7. The first kappa shape index (κ1) is 84.3. The van der Waals surface area contributed by atoms with Crippen LogP contribution in [0.1, 0.15) is 159 Å². The zero-order valence-electron chi connectivity index (χ0n) is 55.1. The number of pyridine rings is 8. The van der Waals surface area contributed by atoms with Crippen molar-refractivity contribution >= 4 is 127 Å². The third-order valence-electron chi connectivity index (χ3n) is 13.3. The molecule has 0 aliphatic carbocycles. The van der Waals surface area contributed by atoms with E-state index in [1.165, 1.54) is 118 Å². The molecule has 0 fully saturated rings. The molecule has 0 atom stereocenters. The van der Waals surface area contributed by atoms with Crippen LogP contribution in [0, 0.1) is 0 Å². The number of Topliss-reactive ketones (excluding diaryl/α,β-unsaturated/α-hetero) is 3. The van der Waals surface area contributed by atoms with Crippen LogP contribution in [-0.2, 0) is 57.3 Å². The topological polar surface area (TPSA) is 312 Å². The van der Waals surface area contributed by atoms with Crippen molar-refractivity contribution in [3.8, 4) is 5.75 Å². The van der Waals surface area contributed by atoms with Crippen LogP contribution in [0.4, 0.5) is 5.82 Å². The van der Waals surface area contributed by atoms with Gasteiger partial charge in [-0.3, -0.25) is 29.0 Å². The Labute approximate surface area is 604 Å². The number of aliphatic hydroxyl groups is 3. The molecule has 0 spiro atoms. The van der Waals surface area contributed by atoms with Crippen LogP contribution < -0.4 is 15.8 Å². The number of halogens is 8. The van der Waals surface area contributed by atoms with Gasteiger partial charge in [-0.25, -0.2) is 44.7 Å². The summed E-state index contributed by atoms with van der Waals surface area (Å²) in [5.74, 6) is 0.907. The number of ether oxygens (including phenoxy) is 2. The smallest absolute Gasteiger partial charge is 0.340 e. The number of rotatable bonds is 11. The highest BCUT2D eigenvalue weighted by Gasteiger charge is 2.24. The summed E-state index contributed by atoms with van der Waals surface area (Å²) in [6.45, 7) is 21.1. The molecule has 8 aromatic rings. The predicted molar refractivity (Wildman–Crippen MR) is 380 cm³/mol. The number of nitrogens with zero attached hydrogens (tertiary/aromatic N) is 10. The number of carbonyl (C=O) groups is 5. The lowest BCUT2D eigenvalue weighted by atomic mass is 10.1. The molecule has 8 aromatic heterocycles. The van der Waals surface area contributed by atoms with E-state index in [-0.39, 0.29) is 48.3 Å². The summed E-state index contributed by atoms with van der Waals surface area (Å²) < 4.78 is 9.68. The first-order chi connectivity index (χ1) is 45.8. The molecule has 11 rings (SSSR count). The quantitative estimate of drug-likeness (QED) is 0.0348. The molecule has 0 radical (unpaired) electrons. The highest BCUT2D eigenvalue weighted by molar-refractivity contribution is 6.67. The second kappa shape index (κ2) is 43.4. The largest absolute Gasteiger partial charge is 0.496 e. The van der Waals surface area contributed by atoms with E-state index in [2.05, 4.69) is 88.7 Å². The number of cyclic esters (lactones) is 1. The highest BCUT2D eigenvalue weighted by atomic mass is 35.5. The lowest BCUT2D eigenvalue weighted by Crippen LogP contribution is -2.24. The third-order valence-corrected chi connectivity index (χ3v) is 15.0. The Balaban J connectivity index is 0.000000287. The lowest BCUT2D eigenvalue weighted by Gasteiger charge is -2.18. The molecule has 3 aliphatic rings. The summed E-state index contributed by atoms with van der Waals surface area (Å²) in [6.07, 6.45) is 12.3. The van der Waals surface area contributed by atoms with E-state index in [9.17, 15) is 24.0 Å². The van der Waals surface area contributed by atoms with Gasteiger partial charge in [-0.1, -0.05) is 95.1 Å². The minimum atomic E-state index is -0.524. The van der Waals surface area contributed by atoms with Gasteiger partial charge >= 0.3 is 5.97 Å². The zero-order valence-corrected chi connectivity index (χ0v) is 61.1. The van der Waals surface area contributed by atoms with Crippen molar-refractivity contribution in [3.63, 3.8) is 0 Å². The van der Waals surface area contributed by atoms with Gasteiger partial charge in [0.25, 0.3) is 5.24 Å². The SMILES string of the molecule is CC(=O)c1ccc(Cl)nc1.CC(=O)c1cnc(Cl)cc1CO.CC(C)N.CC(C)N1Cc2cnc(Cl)cc2C1.CNc1cc2c(cn1)CN(C(C)C)C2.COc1cc(Cl)ncc1C(C)=O.O=C(Cl)c1ccc(Cl)nc1.O=C1OCc2cc(Cl)ncc21.OCc1cnc(Cl)cc1CO. The number of aliphatic hydroxyl groups excluding tert-OH is 3. The van der Waals surface area contributed by atoms with Gasteiger partial charge in [-0.05, 0) is 154 Å². The number of hydrogen-bond donors (Lipinski definition) is 5. The Morgan fingerprint density at radius 1 is 0.515 bits per heavy atom. The molecule has 22 nitrogen and oxygen atoms in total. The molecule has 0 amide bonds. The standard InChI is InChI=1S/C11H17N3.C10H13ClN2.2C8H8ClNO2.C7H4ClNO2.C7H8ClNO2.C7H6ClNO.C6H3Cl2NO.C3H9N/c1-8(2)14-6-9-4-11(12-3)13-5-10(9)7-14;1-7(2)13-5-8-3-10(11)12-4-9(8)6-13;1-5(11)6-4-10-8(9)3-7(6)12-2;1-5(12)7-3-10-8(9)2-6(7)4-11;8-6-1-4-3-11-7(10)5(4)2-9-6;8-7-1-5(3-10)6(4-11)2-9-7;1-5(10)6-2-3-7(8)9-4-6;7-5-2-1-4(3-9-5)6(8)10;1-3(2)4/h4-5,8H,6-7H2,1-3H3,(H,12,13);3-4,7H,5-6H2,1-2H3;3-4H,1-2H3;2-3,11H,4H2,1H3;1-2H,3H2;1-2,10-11H,3-4H2;2-4H,1H3;1-3H;3H,4H2,1-2H3. The Bertz CT molecular complexity index is 3760. The van der Waals surface area contributed by atoms with Crippen LogP contribution in [0.2, 0.25) is 36.1 Å². The summed E-state index contributed by atoms with van der Waals surface area (Å²) in [4.78, 5) is 89.6. The molecule has 3 aliphatic heterocycles. The van der Waals surface area contributed by atoms with Gasteiger partial charge in [-0.15, -0.1) is 0 Å². The van der Waals surface area contributed by atoms with Crippen LogP contribution >= 0.6 is 92.8 Å². The molecular weight excluding hydrogens is 1420 g/mol. The molecule has 11 heterocycles. The fourth-order valence-electron chi connectivity index (χ4n) is 8.07. The second-order valence-corrected chi connectivity index (χ2v) is 24.7. The van der Waals surface area contributed by atoms with Crippen molar-refractivity contribution in [2.45, 2.75) is 133 Å². The molecule has 520 valence electrons. The summed E-state index contributed by atoms with van der Waals surface area (Å²) in [7, 11) is 3.39. The van der Waals surface area contributed by atoms with Crippen molar-refractivity contribution in [3.05, 3.63) is 219 Å². The van der Waals surface area contributed by atoms with E-state index in [1.54, 1.807) is 18.2 Å². The maximum atomic E-state index is 11.0. The number of ketones is 3. The van der Waals surface area contributed by atoms with Gasteiger partial charge in [0, 0.05) is 123 Å². The van der Waals surface area contributed by atoms with E-state index in [1.807, 2.05) is 39.4 Å². The number of anilines is 1. The monoisotopic (exact) mass is 1490 g/mol. The summed E-state index contributed by atoms with van der Waals surface area (Å²) >= 11 is 44.2. The van der Waals surface area contributed by atoms with Crippen molar-refractivity contribution in [2.75, 3.05) is 19.5 Å². The van der Waals surface area contributed by atoms with Crippen molar-refractivity contribution in [1.29, 1.82) is 0 Å². The van der Waals surface area contributed by atoms with Gasteiger partial charge < -0.3 is 35.8 Å². The van der Waals surface area contributed by atoms with Gasteiger partial charge in [0.2, 0.25) is 0 Å². The van der Waals surface area contributed by atoms with Crippen LogP contribution in [0.15, 0.2) is 110 Å². The summed E-state index contributed by atoms with van der Waals surface area (Å²) in [5, 5.41) is 31.6. The maximum absolute atomic E-state index is 11.0. The van der Waals surface area contributed by atoms with E-state index in [0.29, 0.717) is 106 Å². The molecule has 30 heteroatoms. The van der Waals surface area contributed by atoms with Crippen LogP contribution in [-0.4, -0.2) is 126 Å². The number of carbonyl (C=O) groups excluding carboxylic acids is 5. The van der Waals surface area contributed by atoms with Crippen LogP contribution in [0.3, 0.4) is 0 Å². The minimum Gasteiger partial charge on any atom is -0.496 e. The van der Waals surface area contributed by atoms with Crippen molar-refractivity contribution in [1.82, 2.24) is 49.7 Å². The Morgan fingerprint density at radius 3 is 1.38 bits per heavy atom. The molecule has 0 saturated carbocycles. The van der Waals surface area contributed by atoms with Gasteiger partial charge in [0.05, 0.1) is 43.6 Å². The van der Waals surface area contributed by atoms with E-state index in [0.717, 1.165) is 37.6 Å². The lowest BCUT2D eigenvalue weighted by molar-refractivity contribution is 0.0534. The average molecular weight is 1490 g/mol. The van der Waals surface area contributed by atoms with Gasteiger partial charge in [0.1, 0.15) is 54.2 Å². The number of esters is 1. The molecule has 0 bridgehead atoms. The normalized spacial score (nSPS) is 12.0. The minimum absolute atomic E-state index is 0.00386. The van der Waals surface area contributed by atoms with E-state index >= 15 is 0 Å². The van der Waals surface area contributed by atoms with Crippen LogP contribution in [0.25, 0.3) is 0 Å². The number of methoxy groups -OCH3 is 1. The molecule has 0 unspecified atom stereocenters. The fourth-order valence-corrected chi connectivity index (χ4v) is 9.28. The second-order valence-electron chi connectivity index (χ2n) is 21.6.